The first-order valence-electron chi connectivity index (χ1n) is 11.5. The predicted molar refractivity (Wildman–Crippen MR) is 142 cm³/mol. The predicted octanol–water partition coefficient (Wildman–Crippen LogP) is 4.91. The van der Waals surface area contributed by atoms with Crippen molar-refractivity contribution in [1.29, 1.82) is 0 Å². The summed E-state index contributed by atoms with van der Waals surface area (Å²) in [4.78, 5) is 31.9. The van der Waals surface area contributed by atoms with E-state index in [0.29, 0.717) is 30.2 Å². The number of carboxylic acid groups (broad SMARTS) is 1. The zero-order chi connectivity index (χ0) is 26.2. The summed E-state index contributed by atoms with van der Waals surface area (Å²) >= 11 is 1.63. The van der Waals surface area contributed by atoms with Crippen LogP contribution in [0.5, 0.6) is 17.2 Å². The van der Waals surface area contributed by atoms with E-state index >= 15 is 0 Å². The fourth-order valence-electron chi connectivity index (χ4n) is 3.53. The Labute approximate surface area is 218 Å². The SMILES string of the molecule is COc1ccc(OC(=O)N(CC(=O)O)Cc2cccc(OCCN(C)c3nc4ccccc4s3)c2)cc1. The molecule has 4 aromatic rings. The third-order valence-electron chi connectivity index (χ3n) is 5.43. The van der Waals surface area contributed by atoms with Crippen molar-refractivity contribution in [3.63, 3.8) is 0 Å². The van der Waals surface area contributed by atoms with Crippen molar-refractivity contribution >= 4 is 38.7 Å². The van der Waals surface area contributed by atoms with Crippen LogP contribution in [0.1, 0.15) is 5.56 Å². The number of fused-ring (bicyclic) bond motifs is 1. The summed E-state index contributed by atoms with van der Waals surface area (Å²) in [6.45, 7) is 0.592. The van der Waals surface area contributed by atoms with E-state index in [9.17, 15) is 14.7 Å². The Balaban J connectivity index is 1.34. The van der Waals surface area contributed by atoms with E-state index in [2.05, 4.69) is 4.98 Å². The maximum absolute atomic E-state index is 12.7. The summed E-state index contributed by atoms with van der Waals surface area (Å²) in [6, 6.07) is 21.7. The van der Waals surface area contributed by atoms with Gasteiger partial charge in [-0.3, -0.25) is 9.69 Å². The van der Waals surface area contributed by atoms with Gasteiger partial charge in [-0.25, -0.2) is 9.78 Å². The van der Waals surface area contributed by atoms with Gasteiger partial charge in [0.05, 0.1) is 23.9 Å². The minimum Gasteiger partial charge on any atom is -0.497 e. The second-order valence-electron chi connectivity index (χ2n) is 8.17. The molecule has 10 heteroatoms. The topological polar surface area (TPSA) is 101 Å². The number of aromatic nitrogens is 1. The summed E-state index contributed by atoms with van der Waals surface area (Å²) in [5.74, 6) is 0.381. The molecule has 37 heavy (non-hydrogen) atoms. The van der Waals surface area contributed by atoms with E-state index in [1.807, 2.05) is 42.3 Å². The lowest BCUT2D eigenvalue weighted by Gasteiger charge is -2.21. The molecule has 0 spiro atoms. The van der Waals surface area contributed by atoms with Gasteiger partial charge >= 0.3 is 12.1 Å². The fraction of sp³-hybridized carbons (Fsp3) is 0.222. The Bertz CT molecular complexity index is 1320. The van der Waals surface area contributed by atoms with Gasteiger partial charge in [0.15, 0.2) is 5.13 Å². The van der Waals surface area contributed by atoms with E-state index in [4.69, 9.17) is 14.2 Å². The van der Waals surface area contributed by atoms with Crippen LogP contribution in [-0.2, 0) is 11.3 Å². The Hall–Kier alpha value is -4.31. The molecule has 9 nitrogen and oxygen atoms in total. The number of benzene rings is 3. The number of thiazole rings is 1. The molecule has 0 aliphatic rings. The minimum atomic E-state index is -1.14. The molecule has 0 saturated carbocycles. The van der Waals surface area contributed by atoms with Gasteiger partial charge in [-0.2, -0.15) is 0 Å². The van der Waals surface area contributed by atoms with Crippen molar-refractivity contribution in [1.82, 2.24) is 9.88 Å². The highest BCUT2D eigenvalue weighted by atomic mass is 32.1. The van der Waals surface area contributed by atoms with Gasteiger partial charge in [0.1, 0.15) is 30.4 Å². The number of carboxylic acids is 1. The van der Waals surface area contributed by atoms with Gasteiger partial charge < -0.3 is 24.2 Å². The van der Waals surface area contributed by atoms with Gasteiger partial charge in [-0.05, 0) is 54.1 Å². The Morgan fingerprint density at radius 2 is 1.73 bits per heavy atom. The molecule has 192 valence electrons. The highest BCUT2D eigenvalue weighted by Gasteiger charge is 2.20. The van der Waals surface area contributed by atoms with Crippen LogP contribution in [0.25, 0.3) is 10.2 Å². The molecule has 0 radical (unpaired) electrons. The number of nitrogens with zero attached hydrogens (tertiary/aromatic N) is 3. The highest BCUT2D eigenvalue weighted by molar-refractivity contribution is 7.22. The molecule has 0 saturated heterocycles. The smallest absolute Gasteiger partial charge is 0.416 e. The zero-order valence-electron chi connectivity index (χ0n) is 20.5. The zero-order valence-corrected chi connectivity index (χ0v) is 21.3. The number of aliphatic carboxylic acids is 1. The average Bonchev–Trinajstić information content (AvgIpc) is 3.33. The molecule has 1 amide bonds. The van der Waals surface area contributed by atoms with Crippen LogP contribution in [0.2, 0.25) is 0 Å². The van der Waals surface area contributed by atoms with Gasteiger partial charge in [0.25, 0.3) is 0 Å². The Morgan fingerprint density at radius 3 is 2.46 bits per heavy atom. The van der Waals surface area contributed by atoms with Gasteiger partial charge in [0, 0.05) is 13.6 Å². The number of ether oxygens (including phenoxy) is 3. The van der Waals surface area contributed by atoms with Crippen molar-refractivity contribution in [2.45, 2.75) is 6.54 Å². The third-order valence-corrected chi connectivity index (χ3v) is 6.58. The molecule has 0 bridgehead atoms. The Morgan fingerprint density at radius 1 is 0.973 bits per heavy atom. The van der Waals surface area contributed by atoms with E-state index in [1.165, 1.54) is 7.11 Å². The molecular formula is C27H27N3O6S. The number of methoxy groups -OCH3 is 1. The molecule has 4 rings (SSSR count). The maximum atomic E-state index is 12.7. The molecule has 1 N–H and O–H groups in total. The van der Waals surface area contributed by atoms with Crippen molar-refractivity contribution in [2.75, 3.05) is 38.8 Å². The van der Waals surface area contributed by atoms with Gasteiger partial charge in [0.2, 0.25) is 0 Å². The molecule has 0 unspecified atom stereocenters. The minimum absolute atomic E-state index is 0.0457. The van der Waals surface area contributed by atoms with E-state index < -0.39 is 18.6 Å². The molecule has 1 aromatic heterocycles. The first-order chi connectivity index (χ1) is 17.9. The van der Waals surface area contributed by atoms with Crippen molar-refractivity contribution in [3.05, 3.63) is 78.4 Å². The van der Waals surface area contributed by atoms with Gasteiger partial charge in [-0.15, -0.1) is 0 Å². The number of carbonyl (C=O) groups excluding carboxylic acids is 1. The van der Waals surface area contributed by atoms with Crippen LogP contribution in [0, 0.1) is 0 Å². The number of carbonyl (C=O) groups is 2. The van der Waals surface area contributed by atoms with E-state index in [0.717, 1.165) is 20.2 Å². The van der Waals surface area contributed by atoms with Crippen LogP contribution >= 0.6 is 11.3 Å². The van der Waals surface area contributed by atoms with Crippen molar-refractivity contribution in [2.24, 2.45) is 0 Å². The normalized spacial score (nSPS) is 10.6. The first kappa shape index (κ1) is 25.8. The number of para-hydroxylation sites is 1. The van der Waals surface area contributed by atoms with Crippen LogP contribution in [0.4, 0.5) is 9.93 Å². The van der Waals surface area contributed by atoms with Crippen molar-refractivity contribution < 1.29 is 28.9 Å². The highest BCUT2D eigenvalue weighted by Crippen LogP contribution is 2.27. The van der Waals surface area contributed by atoms with E-state index in [-0.39, 0.29) is 12.3 Å². The number of hydrogen-bond acceptors (Lipinski definition) is 8. The molecule has 0 aliphatic heterocycles. The Kier molecular flexibility index (Phi) is 8.42. The molecular weight excluding hydrogens is 494 g/mol. The van der Waals surface area contributed by atoms with Crippen molar-refractivity contribution in [3.8, 4) is 17.2 Å². The third kappa shape index (κ3) is 7.11. The molecule has 0 aliphatic carbocycles. The van der Waals surface area contributed by atoms with Crippen LogP contribution in [0.3, 0.4) is 0 Å². The monoisotopic (exact) mass is 521 g/mol. The van der Waals surface area contributed by atoms with Crippen LogP contribution in [-0.4, -0.2) is 60.9 Å². The molecule has 0 fully saturated rings. The average molecular weight is 522 g/mol. The quantitative estimate of drug-likeness (QED) is 0.297. The molecule has 0 atom stereocenters. The number of hydrogen-bond donors (Lipinski definition) is 1. The lowest BCUT2D eigenvalue weighted by Crippen LogP contribution is -2.37. The second-order valence-corrected chi connectivity index (χ2v) is 9.18. The number of likely N-dealkylation sites (N-methyl/N-ethyl adjacent to an activating group) is 1. The fourth-order valence-corrected chi connectivity index (χ4v) is 4.48. The number of amides is 1. The molecule has 1 heterocycles. The largest absolute Gasteiger partial charge is 0.497 e. The summed E-state index contributed by atoms with van der Waals surface area (Å²) in [5, 5.41) is 10.2. The summed E-state index contributed by atoms with van der Waals surface area (Å²) < 4.78 is 17.5. The second kappa shape index (κ2) is 12.1. The summed E-state index contributed by atoms with van der Waals surface area (Å²) in [5.41, 5.74) is 1.68. The van der Waals surface area contributed by atoms with Crippen LogP contribution < -0.4 is 19.1 Å². The maximum Gasteiger partial charge on any atom is 0.416 e. The van der Waals surface area contributed by atoms with E-state index in [1.54, 1.807) is 53.8 Å². The number of rotatable bonds is 11. The standard InChI is InChI=1S/C27H27N3O6S/c1-29(26-28-23-8-3-4-9-24(23)37-26)14-15-35-22-7-5-6-19(16-22)17-30(18-25(31)32)27(33)36-21-12-10-20(34-2)11-13-21/h3-13,16H,14-15,17-18H2,1-2H3,(H,31,32). The first-order valence-corrected chi connectivity index (χ1v) is 12.3. The van der Waals surface area contributed by atoms with Crippen LogP contribution in [0.15, 0.2) is 72.8 Å². The lowest BCUT2D eigenvalue weighted by molar-refractivity contribution is -0.138. The molecule has 3 aromatic carbocycles. The lowest BCUT2D eigenvalue weighted by atomic mass is 10.2. The number of anilines is 1. The van der Waals surface area contributed by atoms with Gasteiger partial charge in [-0.1, -0.05) is 35.6 Å². The summed E-state index contributed by atoms with van der Waals surface area (Å²) in [7, 11) is 3.50. The summed E-state index contributed by atoms with van der Waals surface area (Å²) in [6.07, 6.45) is -0.767.